The number of rotatable bonds is 0. The maximum absolute atomic E-state index is 8.61. The fourth-order valence-electron chi connectivity index (χ4n) is 0. The minimum atomic E-state index is -1.75. The van der Waals surface area contributed by atoms with Gasteiger partial charge < -0.3 is 5.11 Å². The summed E-state index contributed by atoms with van der Waals surface area (Å²) in [4.78, 5) is 0. The molecule has 0 saturated carbocycles. The van der Waals surface area contributed by atoms with Gasteiger partial charge in [0.1, 0.15) is 0 Å². The van der Waals surface area contributed by atoms with Crippen LogP contribution in [0.2, 0.25) is 0 Å². The molecule has 0 aromatic rings. The van der Waals surface area contributed by atoms with Crippen LogP contribution in [0.1, 0.15) is 0 Å². The average molecular weight is 113 g/mol. The molecule has 31 valence electrons. The fraction of sp³-hybridized carbons (Fsp3) is 1.00. The van der Waals surface area contributed by atoms with Crippen LogP contribution in [0.5, 0.6) is 0 Å². The van der Waals surface area contributed by atoms with Gasteiger partial charge in [-0.05, 0) is 0 Å². The van der Waals surface area contributed by atoms with E-state index in [4.69, 9.17) is 12.1 Å². The zero-order chi connectivity index (χ0) is 4.71. The van der Waals surface area contributed by atoms with E-state index in [2.05, 4.69) is 0 Å². The van der Waals surface area contributed by atoms with Crippen molar-refractivity contribution in [3.05, 3.63) is 0 Å². The van der Waals surface area contributed by atoms with Gasteiger partial charge in [0.25, 0.3) is 0 Å². The van der Waals surface area contributed by atoms with Crippen molar-refractivity contribution in [2.24, 2.45) is 0 Å². The predicted molar refractivity (Wildman–Crippen MR) is 11.0 cm³/mol. The third-order valence-corrected chi connectivity index (χ3v) is 0. The molecule has 0 aliphatic rings. The van der Waals surface area contributed by atoms with Crippen molar-refractivity contribution in [2.45, 2.75) is 0 Å². The van der Waals surface area contributed by atoms with Crippen LogP contribution < -0.4 is 0 Å². The van der Waals surface area contributed by atoms with Crippen molar-refractivity contribution in [1.29, 1.82) is 0 Å². The summed E-state index contributed by atoms with van der Waals surface area (Å²) in [5.41, 5.74) is 0. The quantitative estimate of drug-likeness (QED) is 0.393. The topological polar surface area (TPSA) is 57.5 Å². The van der Waals surface area contributed by atoms with Gasteiger partial charge in [0.15, 0.2) is 0 Å². The van der Waals surface area contributed by atoms with E-state index in [1.54, 1.807) is 0 Å². The van der Waals surface area contributed by atoms with Crippen LogP contribution in [0, 0.1) is 0 Å². The minimum absolute atomic E-state index is 1.00. The van der Waals surface area contributed by atoms with Crippen LogP contribution in [-0.2, 0) is 22.8 Å². The van der Waals surface area contributed by atoms with Crippen LogP contribution >= 0.6 is 0 Å². The van der Waals surface area contributed by atoms with Crippen LogP contribution in [-0.4, -0.2) is 15.9 Å². The zero-order valence-electron chi connectivity index (χ0n) is 2.80. The number of aliphatic hydroxyl groups is 1. The summed E-state index contributed by atoms with van der Waals surface area (Å²) in [6, 6.07) is 0. The van der Waals surface area contributed by atoms with Crippen molar-refractivity contribution >= 4 is 0 Å². The molecule has 0 amide bonds. The van der Waals surface area contributed by atoms with E-state index in [1.807, 2.05) is 0 Å². The Bertz CT molecular complexity index is 14.4. The van der Waals surface area contributed by atoms with E-state index in [9.17, 15) is 0 Å². The normalized spacial score (nSPS) is 3.00. The van der Waals surface area contributed by atoms with E-state index in [0.29, 0.717) is 0 Å². The Morgan fingerprint density at radius 1 is 1.60 bits per heavy atom. The van der Waals surface area contributed by atoms with Crippen molar-refractivity contribution in [2.75, 3.05) is 7.11 Å². The van der Waals surface area contributed by atoms with E-state index >= 15 is 0 Å². The first-order valence-electron chi connectivity index (χ1n) is 0.875. The predicted octanol–water partition coefficient (Wildman–Crippen LogP) is -1.07. The summed E-state index contributed by atoms with van der Waals surface area (Å²) in [5, 5.41) is 7.00. The molecule has 0 aliphatic carbocycles. The average Bonchev–Trinajstić information content (AvgIpc) is 1.46. The monoisotopic (exact) mass is 113 g/mol. The second kappa shape index (κ2) is 25.4. The van der Waals surface area contributed by atoms with Crippen LogP contribution in [0.25, 0.3) is 0 Å². The van der Waals surface area contributed by atoms with Crippen molar-refractivity contribution in [3.63, 3.8) is 0 Å². The molecule has 0 saturated heterocycles. The molecule has 0 rings (SSSR count). The Balaban J connectivity index is 0. The number of hydrogen-bond acceptors (Lipinski definition) is 2. The second-order valence-corrected chi connectivity index (χ2v) is 0.376. The first kappa shape index (κ1) is 9.06. The standard InChI is InChI=1S/CH4O.H2O.O.Ti/c1-2;;;/h2H,1H3;1H2;;/q;;;+1/p-1. The number of hydrogen-bond donors (Lipinski definition) is 2. The van der Waals surface area contributed by atoms with Crippen LogP contribution in [0.4, 0.5) is 0 Å². The van der Waals surface area contributed by atoms with Crippen molar-refractivity contribution in [3.8, 4) is 0 Å². The summed E-state index contributed by atoms with van der Waals surface area (Å²) in [5.74, 6) is 0. The molecule has 0 bridgehead atoms. The Labute approximate surface area is 39.4 Å². The Kier molecular flexibility index (Phi) is 46.1. The molecular weight excluding hydrogens is 108 g/mol. The van der Waals surface area contributed by atoms with Crippen LogP contribution in [0.3, 0.4) is 0 Å². The van der Waals surface area contributed by atoms with Gasteiger partial charge in [0.05, 0.1) is 0 Å². The van der Waals surface area contributed by atoms with E-state index in [0.717, 1.165) is 7.11 Å². The third kappa shape index (κ3) is 139. The van der Waals surface area contributed by atoms with Gasteiger partial charge in [-0.1, -0.05) is 0 Å². The third-order valence-electron chi connectivity index (χ3n) is 0. The molecule has 3 nitrogen and oxygen atoms in total. The van der Waals surface area contributed by atoms with Gasteiger partial charge in [0, 0.05) is 7.11 Å². The van der Waals surface area contributed by atoms with Gasteiger partial charge in [-0.25, -0.2) is 0 Å². The van der Waals surface area contributed by atoms with Gasteiger partial charge >= 0.3 is 26.5 Å². The molecule has 0 aliphatic heterocycles. The first-order valence-corrected chi connectivity index (χ1v) is 2.21. The molecule has 0 aromatic heterocycles. The second-order valence-electron chi connectivity index (χ2n) is 0.0913. The zero-order valence-corrected chi connectivity index (χ0v) is 4.36. The molecule has 0 atom stereocenters. The van der Waals surface area contributed by atoms with Crippen LogP contribution in [0.15, 0.2) is 0 Å². The molecule has 0 aromatic carbocycles. The SMILES string of the molecule is CO.[O]=[Ti][OH]. The van der Waals surface area contributed by atoms with Gasteiger partial charge in [-0.3, -0.25) is 0 Å². The Hall–Kier alpha value is 0.434. The van der Waals surface area contributed by atoms with Crippen molar-refractivity contribution in [1.82, 2.24) is 0 Å². The summed E-state index contributed by atoms with van der Waals surface area (Å²) >= 11 is -1.75. The molecular formula is CH5O3Ti. The molecule has 0 spiro atoms. The Morgan fingerprint density at radius 3 is 1.60 bits per heavy atom. The molecule has 0 fully saturated rings. The van der Waals surface area contributed by atoms with Gasteiger partial charge in [0.2, 0.25) is 0 Å². The molecule has 5 heavy (non-hydrogen) atoms. The molecule has 0 radical (unpaired) electrons. The maximum atomic E-state index is 8.61. The van der Waals surface area contributed by atoms with Crippen molar-refractivity contribution < 1.29 is 31.6 Å². The Morgan fingerprint density at radius 2 is 1.60 bits per heavy atom. The van der Waals surface area contributed by atoms with E-state index < -0.39 is 19.5 Å². The molecule has 2 N–H and O–H groups in total. The van der Waals surface area contributed by atoms with Gasteiger partial charge in [-0.15, -0.1) is 0 Å². The summed E-state index contributed by atoms with van der Waals surface area (Å²) < 4.78 is 15.8. The van der Waals surface area contributed by atoms with E-state index in [1.165, 1.54) is 0 Å². The molecule has 4 heteroatoms. The first-order chi connectivity index (χ1) is 2.41. The van der Waals surface area contributed by atoms with E-state index in [-0.39, 0.29) is 0 Å². The fourth-order valence-corrected chi connectivity index (χ4v) is 0. The summed E-state index contributed by atoms with van der Waals surface area (Å²) in [7, 11) is 1.00. The summed E-state index contributed by atoms with van der Waals surface area (Å²) in [6.07, 6.45) is 0. The summed E-state index contributed by atoms with van der Waals surface area (Å²) in [6.45, 7) is 0. The number of aliphatic hydroxyl groups excluding tert-OH is 1. The molecule has 0 heterocycles. The molecule has 0 unspecified atom stereocenters. The van der Waals surface area contributed by atoms with Gasteiger partial charge in [-0.2, -0.15) is 0 Å².